The largest absolute Gasteiger partial charge is 0.399 e. The summed E-state index contributed by atoms with van der Waals surface area (Å²) in [5.74, 6) is 0.0172. The first-order valence-corrected chi connectivity index (χ1v) is 7.36. The summed E-state index contributed by atoms with van der Waals surface area (Å²) in [6, 6.07) is 6.92. The Morgan fingerprint density at radius 3 is 2.41 bits per heavy atom. The molecular formula is C12H18N2O2S. The van der Waals surface area contributed by atoms with Crippen molar-refractivity contribution in [2.24, 2.45) is 5.41 Å². The fourth-order valence-electron chi connectivity index (χ4n) is 1.56. The van der Waals surface area contributed by atoms with E-state index in [4.69, 9.17) is 5.73 Å². The molecule has 0 heterocycles. The van der Waals surface area contributed by atoms with Crippen molar-refractivity contribution < 1.29 is 8.42 Å². The van der Waals surface area contributed by atoms with Crippen molar-refractivity contribution in [2.45, 2.75) is 25.5 Å². The zero-order chi connectivity index (χ0) is 12.5. The Kier molecular flexibility index (Phi) is 3.14. The quantitative estimate of drug-likeness (QED) is 0.782. The molecule has 3 N–H and O–H groups in total. The van der Waals surface area contributed by atoms with Crippen LogP contribution in [0.3, 0.4) is 0 Å². The van der Waals surface area contributed by atoms with Crippen molar-refractivity contribution >= 4 is 15.7 Å². The molecule has 1 aliphatic carbocycles. The monoisotopic (exact) mass is 254 g/mol. The summed E-state index contributed by atoms with van der Waals surface area (Å²) in [4.78, 5) is 0. The lowest BCUT2D eigenvalue weighted by Crippen LogP contribution is -2.30. The van der Waals surface area contributed by atoms with E-state index >= 15 is 0 Å². The molecule has 0 saturated heterocycles. The van der Waals surface area contributed by atoms with Gasteiger partial charge in [-0.3, -0.25) is 0 Å². The van der Waals surface area contributed by atoms with Gasteiger partial charge in [-0.2, -0.15) is 0 Å². The molecule has 0 bridgehead atoms. The number of anilines is 1. The molecule has 0 aliphatic heterocycles. The van der Waals surface area contributed by atoms with E-state index in [9.17, 15) is 8.42 Å². The van der Waals surface area contributed by atoms with E-state index < -0.39 is 10.0 Å². The lowest BCUT2D eigenvalue weighted by molar-refractivity contribution is 0.530. The first-order valence-electron chi connectivity index (χ1n) is 5.70. The van der Waals surface area contributed by atoms with Gasteiger partial charge in [-0.05, 0) is 36.0 Å². The third kappa shape index (κ3) is 3.71. The summed E-state index contributed by atoms with van der Waals surface area (Å²) in [6.45, 7) is 2.64. The van der Waals surface area contributed by atoms with E-state index in [0.29, 0.717) is 12.2 Å². The van der Waals surface area contributed by atoms with Crippen molar-refractivity contribution in [3.05, 3.63) is 29.8 Å². The summed E-state index contributed by atoms with van der Waals surface area (Å²) >= 11 is 0. The highest BCUT2D eigenvalue weighted by atomic mass is 32.2. The number of nitrogens with one attached hydrogen (secondary N) is 1. The highest BCUT2D eigenvalue weighted by molar-refractivity contribution is 7.88. The van der Waals surface area contributed by atoms with Crippen molar-refractivity contribution in [3.63, 3.8) is 0 Å². The molecule has 5 heteroatoms. The fourth-order valence-corrected chi connectivity index (χ4v) is 2.86. The highest BCUT2D eigenvalue weighted by Gasteiger charge is 2.37. The molecule has 0 spiro atoms. The minimum Gasteiger partial charge on any atom is -0.399 e. The van der Waals surface area contributed by atoms with Crippen LogP contribution in [0.4, 0.5) is 5.69 Å². The molecule has 0 unspecified atom stereocenters. The van der Waals surface area contributed by atoms with Crippen LogP contribution in [0.25, 0.3) is 0 Å². The van der Waals surface area contributed by atoms with Gasteiger partial charge in [0.05, 0.1) is 5.75 Å². The van der Waals surface area contributed by atoms with E-state index in [1.165, 1.54) is 0 Å². The fraction of sp³-hybridized carbons (Fsp3) is 0.500. The average Bonchev–Trinajstić information content (AvgIpc) is 2.98. The van der Waals surface area contributed by atoms with Gasteiger partial charge in [0.15, 0.2) is 0 Å². The molecule has 2 rings (SSSR count). The SMILES string of the molecule is CC1(CNS(=O)(=O)Cc2ccc(N)cc2)CC1. The lowest BCUT2D eigenvalue weighted by atomic mass is 10.2. The summed E-state index contributed by atoms with van der Waals surface area (Å²) in [5, 5.41) is 0. The molecule has 0 aromatic heterocycles. The lowest BCUT2D eigenvalue weighted by Gasteiger charge is -2.10. The molecule has 1 aliphatic rings. The molecule has 1 saturated carbocycles. The predicted octanol–water partition coefficient (Wildman–Crippen LogP) is 1.49. The third-order valence-corrected chi connectivity index (χ3v) is 4.46. The second kappa shape index (κ2) is 4.31. The predicted molar refractivity (Wildman–Crippen MR) is 68.8 cm³/mol. The molecule has 1 aromatic rings. The maximum atomic E-state index is 11.8. The first-order chi connectivity index (χ1) is 7.89. The number of hydrogen-bond acceptors (Lipinski definition) is 3. The minimum atomic E-state index is -3.23. The van der Waals surface area contributed by atoms with Crippen LogP contribution in [0.2, 0.25) is 0 Å². The molecule has 1 fully saturated rings. The molecular weight excluding hydrogens is 236 g/mol. The second-order valence-electron chi connectivity index (χ2n) is 5.13. The number of nitrogens with two attached hydrogens (primary N) is 1. The highest BCUT2D eigenvalue weighted by Crippen LogP contribution is 2.44. The Balaban J connectivity index is 1.94. The second-order valence-corrected chi connectivity index (χ2v) is 6.94. The van der Waals surface area contributed by atoms with Crippen LogP contribution in [-0.2, 0) is 15.8 Å². The average molecular weight is 254 g/mol. The van der Waals surface area contributed by atoms with E-state index in [2.05, 4.69) is 11.6 Å². The van der Waals surface area contributed by atoms with Gasteiger partial charge in [-0.25, -0.2) is 13.1 Å². The van der Waals surface area contributed by atoms with E-state index in [1.807, 2.05) is 0 Å². The molecule has 0 atom stereocenters. The molecule has 1 aromatic carbocycles. The summed E-state index contributed by atoms with van der Waals surface area (Å²) in [7, 11) is -3.23. The van der Waals surface area contributed by atoms with E-state index in [-0.39, 0.29) is 11.2 Å². The van der Waals surface area contributed by atoms with Crippen LogP contribution >= 0.6 is 0 Å². The molecule has 0 radical (unpaired) electrons. The zero-order valence-electron chi connectivity index (χ0n) is 9.94. The van der Waals surface area contributed by atoms with Gasteiger partial charge < -0.3 is 5.73 Å². The summed E-state index contributed by atoms with van der Waals surface area (Å²) in [6.07, 6.45) is 2.22. The Hall–Kier alpha value is -1.07. The summed E-state index contributed by atoms with van der Waals surface area (Å²) < 4.78 is 26.3. The Labute approximate surface area is 102 Å². The van der Waals surface area contributed by atoms with Crippen LogP contribution in [-0.4, -0.2) is 15.0 Å². The van der Waals surface area contributed by atoms with Crippen LogP contribution in [0.15, 0.2) is 24.3 Å². The van der Waals surface area contributed by atoms with Crippen LogP contribution in [0, 0.1) is 5.41 Å². The van der Waals surface area contributed by atoms with Crippen molar-refractivity contribution in [3.8, 4) is 0 Å². The zero-order valence-corrected chi connectivity index (χ0v) is 10.8. The number of rotatable bonds is 5. The smallest absolute Gasteiger partial charge is 0.215 e. The molecule has 94 valence electrons. The van der Waals surface area contributed by atoms with Gasteiger partial charge in [-0.1, -0.05) is 19.1 Å². The van der Waals surface area contributed by atoms with Crippen LogP contribution in [0.5, 0.6) is 0 Å². The van der Waals surface area contributed by atoms with E-state index in [1.54, 1.807) is 24.3 Å². The van der Waals surface area contributed by atoms with Crippen LogP contribution in [0.1, 0.15) is 25.3 Å². The Bertz CT molecular complexity index is 490. The molecule has 4 nitrogen and oxygen atoms in total. The van der Waals surface area contributed by atoms with Gasteiger partial charge in [-0.15, -0.1) is 0 Å². The maximum absolute atomic E-state index is 11.8. The summed E-state index contributed by atoms with van der Waals surface area (Å²) in [5.41, 5.74) is 7.14. The molecule has 0 amide bonds. The molecule has 17 heavy (non-hydrogen) atoms. The van der Waals surface area contributed by atoms with Gasteiger partial charge in [0.25, 0.3) is 0 Å². The third-order valence-electron chi connectivity index (χ3n) is 3.16. The van der Waals surface area contributed by atoms with Gasteiger partial charge in [0, 0.05) is 12.2 Å². The van der Waals surface area contributed by atoms with Gasteiger partial charge >= 0.3 is 0 Å². The van der Waals surface area contributed by atoms with Gasteiger partial charge in [0.2, 0.25) is 10.0 Å². The van der Waals surface area contributed by atoms with Gasteiger partial charge in [0.1, 0.15) is 0 Å². The number of benzene rings is 1. The van der Waals surface area contributed by atoms with E-state index in [0.717, 1.165) is 18.4 Å². The number of nitrogen functional groups attached to an aromatic ring is 1. The first kappa shape index (κ1) is 12.4. The minimum absolute atomic E-state index is 0.0172. The van der Waals surface area contributed by atoms with Crippen molar-refractivity contribution in [2.75, 3.05) is 12.3 Å². The number of sulfonamides is 1. The topological polar surface area (TPSA) is 72.2 Å². The standard InChI is InChI=1S/C12H18N2O2S/c1-12(6-7-12)9-14-17(15,16)8-10-2-4-11(13)5-3-10/h2-5,14H,6-9,13H2,1H3. The Morgan fingerprint density at radius 2 is 1.88 bits per heavy atom. The van der Waals surface area contributed by atoms with Crippen LogP contribution < -0.4 is 10.5 Å². The van der Waals surface area contributed by atoms with Crippen molar-refractivity contribution in [1.82, 2.24) is 4.72 Å². The van der Waals surface area contributed by atoms with Crippen molar-refractivity contribution in [1.29, 1.82) is 0 Å². The normalized spacial score (nSPS) is 17.9. The number of hydrogen-bond donors (Lipinski definition) is 2. The maximum Gasteiger partial charge on any atom is 0.215 e. The Morgan fingerprint density at radius 1 is 1.29 bits per heavy atom.